The topological polar surface area (TPSA) is 51.0 Å². The lowest BCUT2D eigenvalue weighted by molar-refractivity contribution is 0.0788. The summed E-state index contributed by atoms with van der Waals surface area (Å²) in [7, 11) is 3.64. The molecule has 0 fully saturated rings. The molecule has 0 N–H and O–H groups in total. The van der Waals surface area contributed by atoms with Crippen LogP contribution in [0.1, 0.15) is 26.6 Å². The van der Waals surface area contributed by atoms with Gasteiger partial charge in [0.05, 0.1) is 27.5 Å². The minimum Gasteiger partial charge on any atom is -0.337 e. The second-order valence-electron chi connectivity index (χ2n) is 5.59. The number of aromatic nitrogens is 3. The molecule has 3 aromatic rings. The molecule has 0 bridgehead atoms. The van der Waals surface area contributed by atoms with E-state index in [-0.39, 0.29) is 5.91 Å². The Balaban J connectivity index is 2.00. The largest absolute Gasteiger partial charge is 0.337 e. The lowest BCUT2D eigenvalue weighted by Gasteiger charge is -2.17. The molecule has 0 spiro atoms. The molecule has 1 amide bonds. The maximum Gasteiger partial charge on any atom is 0.254 e. The molecule has 3 aromatic heterocycles. The quantitative estimate of drug-likeness (QED) is 0.727. The highest BCUT2D eigenvalue weighted by Crippen LogP contribution is 2.25. The van der Waals surface area contributed by atoms with Gasteiger partial charge in [-0.15, -0.1) is 11.3 Å². The van der Waals surface area contributed by atoms with Crippen molar-refractivity contribution in [2.45, 2.75) is 20.4 Å². The fraction of sp³-hybridized carbons (Fsp3) is 0.312. The van der Waals surface area contributed by atoms with E-state index >= 15 is 0 Å². The molecule has 0 aromatic carbocycles. The molecule has 120 valence electrons. The average Bonchev–Trinajstić information content (AvgIpc) is 3.01. The Bertz CT molecular complexity index is 899. The second kappa shape index (κ2) is 5.94. The zero-order chi connectivity index (χ0) is 16.7. The molecule has 0 saturated carbocycles. The van der Waals surface area contributed by atoms with Gasteiger partial charge >= 0.3 is 0 Å². The predicted molar refractivity (Wildman–Crippen MR) is 93.1 cm³/mol. The Kier molecular flexibility index (Phi) is 4.12. The number of pyridine rings is 1. The van der Waals surface area contributed by atoms with E-state index in [0.717, 1.165) is 31.6 Å². The third kappa shape index (κ3) is 2.96. The highest BCUT2D eigenvalue weighted by atomic mass is 35.5. The Hall–Kier alpha value is -1.92. The number of nitrogens with zero attached hydrogens (tertiary/aromatic N) is 4. The molecule has 5 nitrogen and oxygen atoms in total. The smallest absolute Gasteiger partial charge is 0.254 e. The molecule has 0 radical (unpaired) electrons. The van der Waals surface area contributed by atoms with Gasteiger partial charge in [-0.1, -0.05) is 11.6 Å². The lowest BCUT2D eigenvalue weighted by atomic mass is 10.1. The summed E-state index contributed by atoms with van der Waals surface area (Å²) in [6.07, 6.45) is 0. The van der Waals surface area contributed by atoms with E-state index in [4.69, 9.17) is 11.6 Å². The van der Waals surface area contributed by atoms with E-state index in [9.17, 15) is 4.79 Å². The molecule has 0 aliphatic carbocycles. The normalized spacial score (nSPS) is 11.2. The first-order valence-corrected chi connectivity index (χ1v) is 8.37. The summed E-state index contributed by atoms with van der Waals surface area (Å²) in [6, 6.07) is 5.62. The number of amides is 1. The van der Waals surface area contributed by atoms with Crippen LogP contribution in [0.3, 0.4) is 0 Å². The third-order valence-corrected chi connectivity index (χ3v) is 4.91. The minimum absolute atomic E-state index is 0.0406. The van der Waals surface area contributed by atoms with Crippen molar-refractivity contribution in [2.75, 3.05) is 7.05 Å². The Morgan fingerprint density at radius 2 is 2.13 bits per heavy atom. The van der Waals surface area contributed by atoms with Crippen LogP contribution in [0.15, 0.2) is 18.2 Å². The Labute approximate surface area is 143 Å². The molecular weight excluding hydrogens is 332 g/mol. The summed E-state index contributed by atoms with van der Waals surface area (Å²) >= 11 is 7.44. The van der Waals surface area contributed by atoms with Gasteiger partial charge in [0.2, 0.25) is 0 Å². The maximum absolute atomic E-state index is 12.9. The SMILES string of the molecule is Cc1cc(C(=O)N(C)Cc2ccc(Cl)s2)c2c(C)nn(C)c2n1. The molecule has 0 unspecified atom stereocenters. The first kappa shape index (κ1) is 16.0. The fourth-order valence-corrected chi connectivity index (χ4v) is 3.83. The van der Waals surface area contributed by atoms with E-state index in [2.05, 4.69) is 10.1 Å². The first-order chi connectivity index (χ1) is 10.9. The predicted octanol–water partition coefficient (Wildman–Crippen LogP) is 3.57. The molecule has 0 saturated heterocycles. The molecule has 0 aliphatic rings. The van der Waals surface area contributed by atoms with Crippen molar-refractivity contribution in [3.63, 3.8) is 0 Å². The van der Waals surface area contributed by atoms with Crippen LogP contribution in [0.5, 0.6) is 0 Å². The number of halogens is 1. The van der Waals surface area contributed by atoms with Gasteiger partial charge in [-0.25, -0.2) is 4.98 Å². The number of hydrogen-bond acceptors (Lipinski definition) is 4. The summed E-state index contributed by atoms with van der Waals surface area (Å²) in [4.78, 5) is 20.2. The number of thiophene rings is 1. The zero-order valence-electron chi connectivity index (χ0n) is 13.4. The number of carbonyl (C=O) groups is 1. The van der Waals surface area contributed by atoms with E-state index < -0.39 is 0 Å². The van der Waals surface area contributed by atoms with Crippen LogP contribution in [-0.2, 0) is 13.6 Å². The molecule has 23 heavy (non-hydrogen) atoms. The highest BCUT2D eigenvalue weighted by molar-refractivity contribution is 7.16. The van der Waals surface area contributed by atoms with Crippen molar-refractivity contribution in [3.8, 4) is 0 Å². The number of hydrogen-bond donors (Lipinski definition) is 0. The van der Waals surface area contributed by atoms with Crippen LogP contribution < -0.4 is 0 Å². The summed E-state index contributed by atoms with van der Waals surface area (Å²) in [6.45, 7) is 4.31. The van der Waals surface area contributed by atoms with Crippen molar-refractivity contribution >= 4 is 39.9 Å². The maximum atomic E-state index is 12.9. The molecule has 7 heteroatoms. The number of rotatable bonds is 3. The Morgan fingerprint density at radius 3 is 2.78 bits per heavy atom. The van der Waals surface area contributed by atoms with Gasteiger partial charge in [0, 0.05) is 24.7 Å². The first-order valence-electron chi connectivity index (χ1n) is 7.17. The summed E-state index contributed by atoms with van der Waals surface area (Å²) in [5.41, 5.74) is 2.99. The van der Waals surface area contributed by atoms with Crippen molar-refractivity contribution in [1.82, 2.24) is 19.7 Å². The zero-order valence-corrected chi connectivity index (χ0v) is 15.0. The lowest BCUT2D eigenvalue weighted by Crippen LogP contribution is -2.26. The Morgan fingerprint density at radius 1 is 1.39 bits per heavy atom. The summed E-state index contributed by atoms with van der Waals surface area (Å²) in [5.74, 6) is -0.0406. The highest BCUT2D eigenvalue weighted by Gasteiger charge is 2.20. The number of fused-ring (bicyclic) bond motifs is 1. The van der Waals surface area contributed by atoms with Gasteiger partial charge < -0.3 is 4.90 Å². The standard InChI is InChI=1S/C16H17ClN4OS/c1-9-7-12(14-10(2)19-21(4)15(14)18-9)16(22)20(3)8-11-5-6-13(17)23-11/h5-7H,8H2,1-4H3. The van der Waals surface area contributed by atoms with Gasteiger partial charge in [-0.3, -0.25) is 9.48 Å². The van der Waals surface area contributed by atoms with Gasteiger partial charge in [0.25, 0.3) is 5.91 Å². The molecule has 3 heterocycles. The monoisotopic (exact) mass is 348 g/mol. The molecule has 0 atom stereocenters. The van der Waals surface area contributed by atoms with E-state index in [1.807, 2.05) is 39.1 Å². The third-order valence-electron chi connectivity index (χ3n) is 3.70. The summed E-state index contributed by atoms with van der Waals surface area (Å²) < 4.78 is 2.44. The van der Waals surface area contributed by atoms with Crippen LogP contribution in [0, 0.1) is 13.8 Å². The second-order valence-corrected chi connectivity index (χ2v) is 7.39. The van der Waals surface area contributed by atoms with E-state index in [1.165, 1.54) is 11.3 Å². The number of aryl methyl sites for hydroxylation is 3. The summed E-state index contributed by atoms with van der Waals surface area (Å²) in [5, 5.41) is 5.21. The van der Waals surface area contributed by atoms with E-state index in [0.29, 0.717) is 12.1 Å². The molecule has 3 rings (SSSR count). The van der Waals surface area contributed by atoms with Crippen molar-refractivity contribution in [1.29, 1.82) is 0 Å². The van der Waals surface area contributed by atoms with Gasteiger partial charge in [-0.2, -0.15) is 5.10 Å². The van der Waals surface area contributed by atoms with Gasteiger partial charge in [0.1, 0.15) is 0 Å². The van der Waals surface area contributed by atoms with Crippen LogP contribution >= 0.6 is 22.9 Å². The number of carbonyl (C=O) groups excluding carboxylic acids is 1. The van der Waals surface area contributed by atoms with Crippen LogP contribution in [0.25, 0.3) is 11.0 Å². The van der Waals surface area contributed by atoms with Gasteiger partial charge in [0.15, 0.2) is 5.65 Å². The fourth-order valence-electron chi connectivity index (χ4n) is 2.69. The van der Waals surface area contributed by atoms with Crippen molar-refractivity contribution in [2.24, 2.45) is 7.05 Å². The van der Waals surface area contributed by atoms with Crippen LogP contribution in [0.2, 0.25) is 4.34 Å². The molecular formula is C16H17ClN4OS. The van der Waals surface area contributed by atoms with E-state index in [1.54, 1.807) is 16.6 Å². The van der Waals surface area contributed by atoms with Crippen molar-refractivity contribution < 1.29 is 4.79 Å². The minimum atomic E-state index is -0.0406. The molecule has 0 aliphatic heterocycles. The van der Waals surface area contributed by atoms with Crippen molar-refractivity contribution in [3.05, 3.63) is 44.4 Å². The van der Waals surface area contributed by atoms with Crippen LogP contribution in [-0.4, -0.2) is 32.6 Å². The average molecular weight is 349 g/mol. The van der Waals surface area contributed by atoms with Gasteiger partial charge in [-0.05, 0) is 32.0 Å². The van der Waals surface area contributed by atoms with Crippen LogP contribution in [0.4, 0.5) is 0 Å².